The molecule has 0 saturated carbocycles. The molecule has 1 saturated heterocycles. The van der Waals surface area contributed by atoms with Gasteiger partial charge in [0.2, 0.25) is 12.7 Å². The molecule has 0 bridgehead atoms. The summed E-state index contributed by atoms with van der Waals surface area (Å²) < 4.78 is 10.7. The van der Waals surface area contributed by atoms with Crippen molar-refractivity contribution in [3.63, 3.8) is 0 Å². The molecule has 3 heterocycles. The van der Waals surface area contributed by atoms with Gasteiger partial charge in [0.25, 0.3) is 0 Å². The number of carbonyl (C=O) groups excluding carboxylic acids is 1. The van der Waals surface area contributed by atoms with Gasteiger partial charge in [0, 0.05) is 30.5 Å². The minimum atomic E-state index is -0.0937. The molecular formula is C23H23N5O3. The maximum Gasteiger partial charge on any atom is 0.231 e. The van der Waals surface area contributed by atoms with Crippen LogP contribution in [0.4, 0.5) is 22.9 Å². The van der Waals surface area contributed by atoms with Gasteiger partial charge in [0.1, 0.15) is 0 Å². The van der Waals surface area contributed by atoms with Crippen molar-refractivity contribution in [3.05, 3.63) is 60.3 Å². The number of nitrogens with one attached hydrogen (secondary N) is 2. The van der Waals surface area contributed by atoms with E-state index >= 15 is 0 Å². The van der Waals surface area contributed by atoms with Crippen LogP contribution in [0.5, 0.6) is 11.5 Å². The van der Waals surface area contributed by atoms with Gasteiger partial charge >= 0.3 is 0 Å². The Morgan fingerprint density at radius 1 is 0.968 bits per heavy atom. The van der Waals surface area contributed by atoms with E-state index < -0.39 is 0 Å². The number of ether oxygens (including phenoxy) is 2. The van der Waals surface area contributed by atoms with Gasteiger partial charge in [-0.1, -0.05) is 6.07 Å². The van der Waals surface area contributed by atoms with Crippen LogP contribution < -0.4 is 25.0 Å². The summed E-state index contributed by atoms with van der Waals surface area (Å²) in [6, 6.07) is 15.1. The van der Waals surface area contributed by atoms with E-state index in [2.05, 4.69) is 25.7 Å². The van der Waals surface area contributed by atoms with Crippen molar-refractivity contribution >= 4 is 28.8 Å². The van der Waals surface area contributed by atoms with Crippen LogP contribution >= 0.6 is 0 Å². The van der Waals surface area contributed by atoms with Crippen LogP contribution in [0.1, 0.15) is 18.4 Å². The quantitative estimate of drug-likeness (QED) is 0.632. The summed E-state index contributed by atoms with van der Waals surface area (Å²) in [6.45, 7) is 2.34. The number of hydrogen-bond donors (Lipinski definition) is 2. The number of rotatable bonds is 6. The third kappa shape index (κ3) is 4.53. The highest BCUT2D eigenvalue weighted by atomic mass is 16.7. The fourth-order valence-electron chi connectivity index (χ4n) is 3.79. The van der Waals surface area contributed by atoms with Crippen LogP contribution in [0, 0.1) is 0 Å². The first-order valence-corrected chi connectivity index (χ1v) is 10.4. The summed E-state index contributed by atoms with van der Waals surface area (Å²) >= 11 is 0. The zero-order valence-electron chi connectivity index (χ0n) is 17.0. The van der Waals surface area contributed by atoms with Crippen LogP contribution in [0.15, 0.2) is 54.7 Å². The Hall–Kier alpha value is -3.81. The first kappa shape index (κ1) is 19.2. The molecule has 2 aliphatic rings. The number of nitrogens with zero attached hydrogens (tertiary/aromatic N) is 3. The molecule has 0 aliphatic carbocycles. The Balaban J connectivity index is 1.18. The van der Waals surface area contributed by atoms with Crippen LogP contribution in [-0.4, -0.2) is 36.0 Å². The Morgan fingerprint density at radius 3 is 2.58 bits per heavy atom. The maximum atomic E-state index is 12.4. The molecule has 31 heavy (non-hydrogen) atoms. The van der Waals surface area contributed by atoms with E-state index in [0.29, 0.717) is 17.3 Å². The van der Waals surface area contributed by atoms with Gasteiger partial charge < -0.3 is 25.0 Å². The standard InChI is InChI=1S/C23H23N5O3/c29-23(12-16-3-8-20-21(11-16)31-15-30-20)26-18-6-4-17(5-7-18)25-22-13-19(14-24-27-22)28-9-1-2-10-28/h3-8,11,13-14H,1-2,9-10,12,15H2,(H,25,27)(H,26,29). The summed E-state index contributed by atoms with van der Waals surface area (Å²) in [5.41, 5.74) is 3.56. The molecule has 1 amide bonds. The van der Waals surface area contributed by atoms with Gasteiger partial charge in [-0.05, 0) is 54.8 Å². The highest BCUT2D eigenvalue weighted by Gasteiger charge is 2.15. The zero-order chi connectivity index (χ0) is 21.0. The molecule has 2 N–H and O–H groups in total. The first-order chi connectivity index (χ1) is 15.2. The van der Waals surface area contributed by atoms with Crippen molar-refractivity contribution in [2.45, 2.75) is 19.3 Å². The average Bonchev–Trinajstić information content (AvgIpc) is 3.47. The van der Waals surface area contributed by atoms with Crippen molar-refractivity contribution in [1.29, 1.82) is 0 Å². The SMILES string of the molecule is O=C(Cc1ccc2c(c1)OCO2)Nc1ccc(Nc2cc(N3CCCC3)cnn2)cc1. The smallest absolute Gasteiger partial charge is 0.231 e. The number of fused-ring (bicyclic) bond motifs is 1. The molecule has 0 unspecified atom stereocenters. The lowest BCUT2D eigenvalue weighted by Gasteiger charge is -2.17. The molecule has 3 aromatic rings. The molecule has 2 aliphatic heterocycles. The predicted octanol–water partition coefficient (Wildman–Crippen LogP) is 3.73. The highest BCUT2D eigenvalue weighted by Crippen LogP contribution is 2.32. The van der Waals surface area contributed by atoms with Crippen LogP contribution in [0.3, 0.4) is 0 Å². The van der Waals surface area contributed by atoms with Crippen molar-refractivity contribution in [1.82, 2.24) is 10.2 Å². The van der Waals surface area contributed by atoms with Crippen molar-refractivity contribution in [3.8, 4) is 11.5 Å². The number of carbonyl (C=O) groups is 1. The molecule has 1 fully saturated rings. The lowest BCUT2D eigenvalue weighted by molar-refractivity contribution is -0.115. The van der Waals surface area contributed by atoms with Gasteiger partial charge in [-0.25, -0.2) is 0 Å². The van der Waals surface area contributed by atoms with E-state index in [1.54, 1.807) is 6.20 Å². The zero-order valence-corrected chi connectivity index (χ0v) is 17.0. The second-order valence-corrected chi connectivity index (χ2v) is 7.61. The Kier molecular flexibility index (Phi) is 5.26. The summed E-state index contributed by atoms with van der Waals surface area (Å²) in [5, 5.41) is 14.5. The molecule has 0 atom stereocenters. The summed E-state index contributed by atoms with van der Waals surface area (Å²) in [6.07, 6.45) is 4.49. The van der Waals surface area contributed by atoms with Crippen molar-refractivity contribution in [2.24, 2.45) is 0 Å². The molecule has 158 valence electrons. The summed E-state index contributed by atoms with van der Waals surface area (Å²) in [5.74, 6) is 1.99. The topological polar surface area (TPSA) is 88.6 Å². The van der Waals surface area contributed by atoms with E-state index in [1.165, 1.54) is 12.8 Å². The second-order valence-electron chi connectivity index (χ2n) is 7.61. The van der Waals surface area contributed by atoms with Crippen LogP contribution in [0.25, 0.3) is 0 Å². The summed E-state index contributed by atoms with van der Waals surface area (Å²) in [7, 11) is 0. The van der Waals surface area contributed by atoms with Crippen molar-refractivity contribution < 1.29 is 14.3 Å². The Morgan fingerprint density at radius 2 is 1.74 bits per heavy atom. The first-order valence-electron chi connectivity index (χ1n) is 10.4. The van der Waals surface area contributed by atoms with Gasteiger partial charge in [-0.3, -0.25) is 4.79 Å². The fraction of sp³-hybridized carbons (Fsp3) is 0.261. The second kappa shape index (κ2) is 8.51. The van der Waals surface area contributed by atoms with Gasteiger partial charge in [0.05, 0.1) is 18.3 Å². The van der Waals surface area contributed by atoms with Crippen LogP contribution in [0.2, 0.25) is 0 Å². The largest absolute Gasteiger partial charge is 0.454 e. The number of amides is 1. The lowest BCUT2D eigenvalue weighted by atomic mass is 10.1. The molecule has 1 aromatic heterocycles. The number of aromatic nitrogens is 2. The molecule has 0 radical (unpaired) electrons. The maximum absolute atomic E-state index is 12.4. The Labute approximate surface area is 180 Å². The molecule has 8 nitrogen and oxygen atoms in total. The number of anilines is 4. The Bertz CT molecular complexity index is 1080. The van der Waals surface area contributed by atoms with E-state index in [1.807, 2.05) is 48.5 Å². The average molecular weight is 417 g/mol. The predicted molar refractivity (Wildman–Crippen MR) is 118 cm³/mol. The molecule has 2 aromatic carbocycles. The lowest BCUT2D eigenvalue weighted by Crippen LogP contribution is -2.18. The molecular weight excluding hydrogens is 394 g/mol. The van der Waals surface area contributed by atoms with Gasteiger partial charge in [-0.15, -0.1) is 5.10 Å². The molecule has 5 rings (SSSR count). The van der Waals surface area contributed by atoms with Gasteiger partial charge in [0.15, 0.2) is 17.3 Å². The monoisotopic (exact) mass is 417 g/mol. The number of hydrogen-bond acceptors (Lipinski definition) is 7. The minimum absolute atomic E-state index is 0.0937. The molecule has 0 spiro atoms. The fourth-order valence-corrected chi connectivity index (χ4v) is 3.79. The van der Waals surface area contributed by atoms with E-state index in [-0.39, 0.29) is 19.1 Å². The van der Waals surface area contributed by atoms with Gasteiger partial charge in [-0.2, -0.15) is 5.10 Å². The van der Waals surface area contributed by atoms with Crippen LogP contribution in [-0.2, 0) is 11.2 Å². The number of benzene rings is 2. The van der Waals surface area contributed by atoms with Crippen molar-refractivity contribution in [2.75, 3.05) is 35.4 Å². The third-order valence-corrected chi connectivity index (χ3v) is 5.35. The highest BCUT2D eigenvalue weighted by molar-refractivity contribution is 5.92. The minimum Gasteiger partial charge on any atom is -0.454 e. The van der Waals surface area contributed by atoms with E-state index in [0.717, 1.165) is 35.7 Å². The van der Waals surface area contributed by atoms with E-state index in [9.17, 15) is 4.79 Å². The summed E-state index contributed by atoms with van der Waals surface area (Å²) in [4.78, 5) is 14.7. The van der Waals surface area contributed by atoms with E-state index in [4.69, 9.17) is 9.47 Å². The normalized spacial score (nSPS) is 14.5. The third-order valence-electron chi connectivity index (χ3n) is 5.35. The molecule has 8 heteroatoms.